The molecule has 0 aliphatic carbocycles. The minimum atomic E-state index is -3.24. The predicted octanol–water partition coefficient (Wildman–Crippen LogP) is 1.52. The summed E-state index contributed by atoms with van der Waals surface area (Å²) in [6.07, 6.45) is 1.41. The number of benzene rings is 1. The topological polar surface area (TPSA) is 49.4 Å². The molecule has 2 rings (SSSR count). The average Bonchev–Trinajstić information content (AvgIpc) is 2.30. The van der Waals surface area contributed by atoms with E-state index in [1.54, 1.807) is 12.1 Å². The predicted molar refractivity (Wildman–Crippen MR) is 69.5 cm³/mol. The van der Waals surface area contributed by atoms with Crippen molar-refractivity contribution in [3.8, 4) is 0 Å². The van der Waals surface area contributed by atoms with Crippen molar-refractivity contribution < 1.29 is 8.42 Å². The minimum absolute atomic E-state index is 0.265. The van der Waals surface area contributed by atoms with E-state index in [9.17, 15) is 8.42 Å². The maximum Gasteiger partial charge on any atom is 0.235 e. The molecule has 1 N–H and O–H groups in total. The summed E-state index contributed by atoms with van der Waals surface area (Å²) in [7, 11) is -1.22. The number of hydrogen-bond acceptors (Lipinski definition) is 3. The third-order valence-corrected chi connectivity index (χ3v) is 5.01. The summed E-state index contributed by atoms with van der Waals surface area (Å²) < 4.78 is 26.9. The molecule has 0 spiro atoms. The molecule has 1 saturated heterocycles. The molecule has 1 heterocycles. The average molecular weight is 254 g/mol. The lowest BCUT2D eigenvalue weighted by Crippen LogP contribution is -2.39. The smallest absolute Gasteiger partial charge is 0.235 e. The second-order valence-corrected chi connectivity index (χ2v) is 6.48. The van der Waals surface area contributed by atoms with E-state index in [1.165, 1.54) is 0 Å². The Morgan fingerprint density at radius 1 is 1.18 bits per heavy atom. The van der Waals surface area contributed by atoms with Gasteiger partial charge in [-0.05, 0) is 45.1 Å². The van der Waals surface area contributed by atoms with E-state index in [4.69, 9.17) is 0 Å². The van der Waals surface area contributed by atoms with E-state index < -0.39 is 10.0 Å². The normalized spacial score (nSPS) is 19.1. The van der Waals surface area contributed by atoms with Gasteiger partial charge in [-0.2, -0.15) is 0 Å². The summed E-state index contributed by atoms with van der Waals surface area (Å²) in [5, 5.41) is -0.265. The molecular formula is C12H18N2O2S. The number of nitrogens with one attached hydrogen (secondary N) is 1. The van der Waals surface area contributed by atoms with E-state index in [0.29, 0.717) is 18.5 Å². The van der Waals surface area contributed by atoms with Crippen LogP contribution in [0.2, 0.25) is 0 Å². The number of piperidine rings is 1. The fourth-order valence-electron chi connectivity index (χ4n) is 2.05. The van der Waals surface area contributed by atoms with Crippen molar-refractivity contribution in [1.29, 1.82) is 0 Å². The van der Waals surface area contributed by atoms with Gasteiger partial charge in [0, 0.05) is 5.69 Å². The van der Waals surface area contributed by atoms with Crippen molar-refractivity contribution in [1.82, 2.24) is 4.90 Å². The first-order chi connectivity index (χ1) is 8.08. The van der Waals surface area contributed by atoms with Gasteiger partial charge in [0.2, 0.25) is 10.0 Å². The SMILES string of the molecule is CN1CCC(S(=O)(=O)Nc2ccccc2)CC1. The van der Waals surface area contributed by atoms with Crippen LogP contribution in [0.1, 0.15) is 12.8 Å². The second-order valence-electron chi connectivity index (χ2n) is 4.52. The van der Waals surface area contributed by atoms with Gasteiger partial charge < -0.3 is 4.90 Å². The van der Waals surface area contributed by atoms with Crippen LogP contribution in [0.3, 0.4) is 0 Å². The van der Waals surface area contributed by atoms with Crippen LogP contribution < -0.4 is 4.72 Å². The van der Waals surface area contributed by atoms with E-state index in [0.717, 1.165) is 13.1 Å². The number of nitrogens with zero attached hydrogens (tertiary/aromatic N) is 1. The van der Waals surface area contributed by atoms with E-state index in [1.807, 2.05) is 25.2 Å². The van der Waals surface area contributed by atoms with Crippen LogP contribution in [0.15, 0.2) is 30.3 Å². The first kappa shape index (κ1) is 12.4. The fraction of sp³-hybridized carbons (Fsp3) is 0.500. The summed E-state index contributed by atoms with van der Waals surface area (Å²) in [6.45, 7) is 1.70. The number of sulfonamides is 1. The zero-order chi connectivity index (χ0) is 12.3. The highest BCUT2D eigenvalue weighted by atomic mass is 32.2. The molecule has 1 aliphatic heterocycles. The molecule has 0 aromatic heterocycles. The maximum absolute atomic E-state index is 12.1. The van der Waals surface area contributed by atoms with E-state index in [2.05, 4.69) is 9.62 Å². The molecule has 5 heteroatoms. The van der Waals surface area contributed by atoms with Crippen LogP contribution in [-0.4, -0.2) is 38.7 Å². The van der Waals surface area contributed by atoms with Crippen molar-refractivity contribution in [2.45, 2.75) is 18.1 Å². The Morgan fingerprint density at radius 2 is 1.76 bits per heavy atom. The number of para-hydroxylation sites is 1. The first-order valence-electron chi connectivity index (χ1n) is 5.83. The van der Waals surface area contributed by atoms with Crippen molar-refractivity contribution in [2.24, 2.45) is 0 Å². The molecule has 1 fully saturated rings. The van der Waals surface area contributed by atoms with Crippen molar-refractivity contribution >= 4 is 15.7 Å². The largest absolute Gasteiger partial charge is 0.306 e. The number of anilines is 1. The minimum Gasteiger partial charge on any atom is -0.306 e. The van der Waals surface area contributed by atoms with Crippen LogP contribution in [0.4, 0.5) is 5.69 Å². The Kier molecular flexibility index (Phi) is 3.69. The lowest BCUT2D eigenvalue weighted by molar-refractivity contribution is 0.278. The van der Waals surface area contributed by atoms with Gasteiger partial charge in [-0.3, -0.25) is 4.72 Å². The van der Waals surface area contributed by atoms with Crippen LogP contribution in [0.25, 0.3) is 0 Å². The van der Waals surface area contributed by atoms with Gasteiger partial charge in [-0.15, -0.1) is 0 Å². The molecule has 0 atom stereocenters. The molecule has 1 aromatic rings. The molecule has 1 aliphatic rings. The standard InChI is InChI=1S/C12H18N2O2S/c1-14-9-7-12(8-10-14)17(15,16)13-11-5-3-2-4-6-11/h2-6,12-13H,7-10H2,1H3. The fourth-order valence-corrected chi connectivity index (χ4v) is 3.51. The lowest BCUT2D eigenvalue weighted by atomic mass is 10.1. The molecular weight excluding hydrogens is 236 g/mol. The van der Waals surface area contributed by atoms with E-state index in [-0.39, 0.29) is 5.25 Å². The zero-order valence-corrected chi connectivity index (χ0v) is 10.8. The van der Waals surface area contributed by atoms with Crippen molar-refractivity contribution in [2.75, 3.05) is 24.9 Å². The van der Waals surface area contributed by atoms with Crippen LogP contribution in [0, 0.1) is 0 Å². The Morgan fingerprint density at radius 3 is 2.35 bits per heavy atom. The molecule has 17 heavy (non-hydrogen) atoms. The van der Waals surface area contributed by atoms with Gasteiger partial charge in [-0.25, -0.2) is 8.42 Å². The van der Waals surface area contributed by atoms with Crippen LogP contribution >= 0.6 is 0 Å². The van der Waals surface area contributed by atoms with Crippen LogP contribution in [-0.2, 0) is 10.0 Å². The molecule has 0 saturated carbocycles. The van der Waals surface area contributed by atoms with Gasteiger partial charge in [0.05, 0.1) is 5.25 Å². The molecule has 0 unspecified atom stereocenters. The van der Waals surface area contributed by atoms with Gasteiger partial charge >= 0.3 is 0 Å². The molecule has 1 aromatic carbocycles. The highest BCUT2D eigenvalue weighted by Crippen LogP contribution is 2.19. The summed E-state index contributed by atoms with van der Waals surface area (Å²) >= 11 is 0. The van der Waals surface area contributed by atoms with Crippen LogP contribution in [0.5, 0.6) is 0 Å². The summed E-state index contributed by atoms with van der Waals surface area (Å²) in [5.74, 6) is 0. The Labute approximate surface area is 103 Å². The highest BCUT2D eigenvalue weighted by molar-refractivity contribution is 7.93. The summed E-state index contributed by atoms with van der Waals surface area (Å²) in [4.78, 5) is 2.16. The van der Waals surface area contributed by atoms with Gasteiger partial charge in [0.15, 0.2) is 0 Å². The first-order valence-corrected chi connectivity index (χ1v) is 7.38. The molecule has 4 nitrogen and oxygen atoms in total. The second kappa shape index (κ2) is 5.06. The lowest BCUT2D eigenvalue weighted by Gasteiger charge is -2.28. The maximum atomic E-state index is 12.1. The molecule has 0 radical (unpaired) electrons. The van der Waals surface area contributed by atoms with E-state index >= 15 is 0 Å². The van der Waals surface area contributed by atoms with Gasteiger partial charge in [0.1, 0.15) is 0 Å². The molecule has 0 amide bonds. The Balaban J connectivity index is 2.04. The van der Waals surface area contributed by atoms with Crippen molar-refractivity contribution in [3.63, 3.8) is 0 Å². The summed E-state index contributed by atoms with van der Waals surface area (Å²) in [6, 6.07) is 9.06. The van der Waals surface area contributed by atoms with Crippen molar-refractivity contribution in [3.05, 3.63) is 30.3 Å². The van der Waals surface area contributed by atoms with Gasteiger partial charge in [0.25, 0.3) is 0 Å². The summed E-state index contributed by atoms with van der Waals surface area (Å²) in [5.41, 5.74) is 0.645. The zero-order valence-electron chi connectivity index (χ0n) is 9.96. The third-order valence-electron chi connectivity index (χ3n) is 3.14. The van der Waals surface area contributed by atoms with Gasteiger partial charge in [-0.1, -0.05) is 18.2 Å². The monoisotopic (exact) mass is 254 g/mol. The Bertz CT molecular complexity index is 451. The Hall–Kier alpha value is -1.07. The quantitative estimate of drug-likeness (QED) is 0.889. The molecule has 0 bridgehead atoms. The molecule has 94 valence electrons. The highest BCUT2D eigenvalue weighted by Gasteiger charge is 2.28. The third kappa shape index (κ3) is 3.20. The number of hydrogen-bond donors (Lipinski definition) is 1. The number of likely N-dealkylation sites (tertiary alicyclic amines) is 1. The number of rotatable bonds is 3.